The van der Waals surface area contributed by atoms with E-state index in [1.54, 1.807) is 7.11 Å². The van der Waals surface area contributed by atoms with Crippen LogP contribution in [0.25, 0.3) is 0 Å². The average molecular weight is 221 g/mol. The van der Waals surface area contributed by atoms with E-state index in [-0.39, 0.29) is 5.41 Å². The van der Waals surface area contributed by atoms with E-state index in [2.05, 4.69) is 0 Å². The Morgan fingerprint density at radius 3 is 2.25 bits per heavy atom. The first-order valence-electron chi connectivity index (χ1n) is 5.75. The number of benzene rings is 1. The lowest BCUT2D eigenvalue weighted by atomic mass is 9.69. The molecule has 1 aliphatic carbocycles. The molecule has 0 unspecified atom stereocenters. The number of ether oxygens (including phenoxy) is 2. The standard InChI is InChI=1S/C13H19NO2/c1-15-11-3-5-12(6-4-11)16-10-13(9-14)7-2-8-13/h3-6H,2,7-10,14H2,1H3. The van der Waals surface area contributed by atoms with Crippen LogP contribution in [-0.2, 0) is 0 Å². The summed E-state index contributed by atoms with van der Waals surface area (Å²) < 4.78 is 10.9. The van der Waals surface area contributed by atoms with Gasteiger partial charge in [-0.05, 0) is 37.1 Å². The van der Waals surface area contributed by atoms with Crippen molar-refractivity contribution >= 4 is 0 Å². The highest BCUT2D eigenvalue weighted by atomic mass is 16.5. The van der Waals surface area contributed by atoms with Gasteiger partial charge in [0.05, 0.1) is 13.7 Å². The lowest BCUT2D eigenvalue weighted by Crippen LogP contribution is -2.42. The van der Waals surface area contributed by atoms with Gasteiger partial charge in [-0.3, -0.25) is 0 Å². The van der Waals surface area contributed by atoms with Gasteiger partial charge >= 0.3 is 0 Å². The zero-order valence-corrected chi connectivity index (χ0v) is 9.74. The van der Waals surface area contributed by atoms with Crippen LogP contribution in [0.5, 0.6) is 11.5 Å². The molecule has 0 aliphatic heterocycles. The van der Waals surface area contributed by atoms with E-state index >= 15 is 0 Å². The van der Waals surface area contributed by atoms with E-state index < -0.39 is 0 Å². The van der Waals surface area contributed by atoms with Crippen LogP contribution in [0.1, 0.15) is 19.3 Å². The third-order valence-corrected chi connectivity index (χ3v) is 3.45. The molecule has 0 atom stereocenters. The van der Waals surface area contributed by atoms with Crippen LogP contribution in [0, 0.1) is 5.41 Å². The molecule has 3 nitrogen and oxygen atoms in total. The molecule has 1 aliphatic rings. The summed E-state index contributed by atoms with van der Waals surface area (Å²) in [6.07, 6.45) is 3.67. The number of rotatable bonds is 5. The van der Waals surface area contributed by atoms with Crippen LogP contribution in [0.3, 0.4) is 0 Å². The van der Waals surface area contributed by atoms with Gasteiger partial charge in [0, 0.05) is 12.0 Å². The molecule has 16 heavy (non-hydrogen) atoms. The van der Waals surface area contributed by atoms with Crippen molar-refractivity contribution in [2.45, 2.75) is 19.3 Å². The van der Waals surface area contributed by atoms with E-state index in [9.17, 15) is 0 Å². The molecule has 0 spiro atoms. The smallest absolute Gasteiger partial charge is 0.119 e. The normalized spacial score (nSPS) is 17.6. The summed E-state index contributed by atoms with van der Waals surface area (Å²) in [7, 11) is 1.66. The Bertz CT molecular complexity index is 325. The predicted octanol–water partition coefficient (Wildman–Crippen LogP) is 2.20. The molecule has 88 valence electrons. The van der Waals surface area contributed by atoms with E-state index in [0.717, 1.165) is 24.7 Å². The number of hydrogen-bond acceptors (Lipinski definition) is 3. The van der Waals surface area contributed by atoms with Crippen molar-refractivity contribution in [2.24, 2.45) is 11.1 Å². The number of methoxy groups -OCH3 is 1. The molecule has 0 radical (unpaired) electrons. The zero-order valence-electron chi connectivity index (χ0n) is 9.74. The van der Waals surface area contributed by atoms with E-state index in [1.165, 1.54) is 19.3 Å². The Morgan fingerprint density at radius 2 is 1.81 bits per heavy atom. The lowest BCUT2D eigenvalue weighted by molar-refractivity contribution is 0.0667. The summed E-state index contributed by atoms with van der Waals surface area (Å²) >= 11 is 0. The quantitative estimate of drug-likeness (QED) is 0.829. The van der Waals surface area contributed by atoms with Gasteiger partial charge in [-0.15, -0.1) is 0 Å². The van der Waals surface area contributed by atoms with Crippen LogP contribution >= 0.6 is 0 Å². The summed E-state index contributed by atoms with van der Waals surface area (Å²) in [5.41, 5.74) is 6.01. The van der Waals surface area contributed by atoms with Crippen molar-refractivity contribution in [3.63, 3.8) is 0 Å². The number of hydrogen-bond donors (Lipinski definition) is 1. The molecular weight excluding hydrogens is 202 g/mol. The monoisotopic (exact) mass is 221 g/mol. The minimum absolute atomic E-state index is 0.236. The predicted molar refractivity (Wildman–Crippen MR) is 63.8 cm³/mol. The van der Waals surface area contributed by atoms with Crippen molar-refractivity contribution in [1.29, 1.82) is 0 Å². The highest BCUT2D eigenvalue weighted by molar-refractivity contribution is 5.31. The maximum atomic E-state index is 5.78. The first kappa shape index (κ1) is 11.3. The summed E-state index contributed by atoms with van der Waals surface area (Å²) in [4.78, 5) is 0. The zero-order chi connectivity index (χ0) is 11.4. The Kier molecular flexibility index (Phi) is 3.34. The molecule has 0 aromatic heterocycles. The fourth-order valence-corrected chi connectivity index (χ4v) is 1.99. The average Bonchev–Trinajstić information content (AvgIpc) is 2.29. The molecule has 2 N–H and O–H groups in total. The molecule has 1 aromatic rings. The molecular formula is C13H19NO2. The molecule has 1 aromatic carbocycles. The largest absolute Gasteiger partial charge is 0.497 e. The minimum atomic E-state index is 0.236. The Hall–Kier alpha value is -1.22. The van der Waals surface area contributed by atoms with E-state index in [0.29, 0.717) is 0 Å². The Morgan fingerprint density at radius 1 is 1.19 bits per heavy atom. The molecule has 0 amide bonds. The molecule has 1 saturated carbocycles. The van der Waals surface area contributed by atoms with Gasteiger partial charge in [0.25, 0.3) is 0 Å². The van der Waals surface area contributed by atoms with Gasteiger partial charge in [-0.25, -0.2) is 0 Å². The van der Waals surface area contributed by atoms with Crippen LogP contribution in [0.2, 0.25) is 0 Å². The fourth-order valence-electron chi connectivity index (χ4n) is 1.99. The van der Waals surface area contributed by atoms with Crippen LogP contribution in [0.15, 0.2) is 24.3 Å². The maximum absolute atomic E-state index is 5.78. The molecule has 0 bridgehead atoms. The molecule has 3 heteroatoms. The molecule has 0 saturated heterocycles. The van der Waals surface area contributed by atoms with E-state index in [4.69, 9.17) is 15.2 Å². The topological polar surface area (TPSA) is 44.5 Å². The van der Waals surface area contributed by atoms with Crippen LogP contribution in [-0.4, -0.2) is 20.3 Å². The van der Waals surface area contributed by atoms with E-state index in [1.807, 2.05) is 24.3 Å². The SMILES string of the molecule is COc1ccc(OCC2(CN)CCC2)cc1. The van der Waals surface area contributed by atoms with Gasteiger partial charge in [0.1, 0.15) is 11.5 Å². The van der Waals surface area contributed by atoms with Crippen molar-refractivity contribution < 1.29 is 9.47 Å². The van der Waals surface area contributed by atoms with Gasteiger partial charge in [0.15, 0.2) is 0 Å². The second-order valence-corrected chi connectivity index (χ2v) is 4.52. The molecule has 1 fully saturated rings. The third-order valence-electron chi connectivity index (χ3n) is 3.45. The van der Waals surface area contributed by atoms with Crippen LogP contribution < -0.4 is 15.2 Å². The molecule has 2 rings (SSSR count). The second kappa shape index (κ2) is 4.74. The van der Waals surface area contributed by atoms with Gasteiger partial charge in [0.2, 0.25) is 0 Å². The Balaban J connectivity index is 1.89. The second-order valence-electron chi connectivity index (χ2n) is 4.52. The highest BCUT2D eigenvalue weighted by Gasteiger charge is 2.36. The Labute approximate surface area is 96.5 Å². The maximum Gasteiger partial charge on any atom is 0.119 e. The van der Waals surface area contributed by atoms with Gasteiger partial charge < -0.3 is 15.2 Å². The van der Waals surface area contributed by atoms with Crippen LogP contribution in [0.4, 0.5) is 0 Å². The summed E-state index contributed by atoms with van der Waals surface area (Å²) in [6, 6.07) is 7.68. The summed E-state index contributed by atoms with van der Waals surface area (Å²) in [5.74, 6) is 1.74. The van der Waals surface area contributed by atoms with Crippen molar-refractivity contribution in [2.75, 3.05) is 20.3 Å². The molecule has 0 heterocycles. The summed E-state index contributed by atoms with van der Waals surface area (Å²) in [5, 5.41) is 0. The number of nitrogens with two attached hydrogens (primary N) is 1. The highest BCUT2D eigenvalue weighted by Crippen LogP contribution is 2.40. The third kappa shape index (κ3) is 2.30. The first-order valence-corrected chi connectivity index (χ1v) is 5.75. The lowest BCUT2D eigenvalue weighted by Gasteiger charge is -2.40. The first-order chi connectivity index (χ1) is 7.78. The minimum Gasteiger partial charge on any atom is -0.497 e. The summed E-state index contributed by atoms with van der Waals surface area (Å²) in [6.45, 7) is 1.46. The van der Waals surface area contributed by atoms with Crippen molar-refractivity contribution in [1.82, 2.24) is 0 Å². The van der Waals surface area contributed by atoms with Gasteiger partial charge in [-0.1, -0.05) is 6.42 Å². The fraction of sp³-hybridized carbons (Fsp3) is 0.538. The van der Waals surface area contributed by atoms with Crippen molar-refractivity contribution in [3.05, 3.63) is 24.3 Å². The van der Waals surface area contributed by atoms with Crippen molar-refractivity contribution in [3.8, 4) is 11.5 Å². The van der Waals surface area contributed by atoms with Gasteiger partial charge in [-0.2, -0.15) is 0 Å².